The van der Waals surface area contributed by atoms with Crippen molar-refractivity contribution >= 4 is 27.5 Å². The average molecular weight is 434 g/mol. The van der Waals surface area contributed by atoms with E-state index in [0.717, 1.165) is 26.9 Å². The normalized spacial score (nSPS) is 10.6. The standard InChI is InChI=1S/C21H16BrN5O/c22-17-12-10-16(11-13-17)21-24-26-27(25-21)14-20(28)23-19-9-5-4-8-18(19)15-6-2-1-3-7-15/h1-13H,14H2,(H,23,28). The smallest absolute Gasteiger partial charge is 0.248 e. The lowest BCUT2D eigenvalue weighted by Crippen LogP contribution is -2.20. The van der Waals surface area contributed by atoms with Crippen LogP contribution in [0.15, 0.2) is 83.3 Å². The fourth-order valence-corrected chi connectivity index (χ4v) is 3.07. The quantitative estimate of drug-likeness (QED) is 0.505. The lowest BCUT2D eigenvalue weighted by molar-refractivity contribution is -0.117. The van der Waals surface area contributed by atoms with Crippen LogP contribution in [-0.4, -0.2) is 26.1 Å². The van der Waals surface area contributed by atoms with Gasteiger partial charge in [0.05, 0.1) is 0 Å². The van der Waals surface area contributed by atoms with Crippen molar-refractivity contribution < 1.29 is 4.79 Å². The molecule has 1 N–H and O–H groups in total. The summed E-state index contributed by atoms with van der Waals surface area (Å²) in [6.07, 6.45) is 0. The van der Waals surface area contributed by atoms with E-state index in [1.54, 1.807) is 0 Å². The molecule has 7 heteroatoms. The van der Waals surface area contributed by atoms with Gasteiger partial charge in [-0.05, 0) is 41.1 Å². The number of para-hydroxylation sites is 1. The molecule has 0 aliphatic rings. The van der Waals surface area contributed by atoms with Gasteiger partial charge in [-0.1, -0.05) is 64.5 Å². The minimum absolute atomic E-state index is 0.0212. The number of aromatic nitrogens is 4. The second kappa shape index (κ2) is 8.14. The molecule has 0 atom stereocenters. The molecule has 1 amide bonds. The van der Waals surface area contributed by atoms with Gasteiger partial charge in [0.1, 0.15) is 6.54 Å². The molecular formula is C21H16BrN5O. The highest BCUT2D eigenvalue weighted by molar-refractivity contribution is 9.10. The van der Waals surface area contributed by atoms with Crippen LogP contribution in [0.3, 0.4) is 0 Å². The summed E-state index contributed by atoms with van der Waals surface area (Å²) in [5, 5.41) is 15.2. The molecule has 0 aliphatic heterocycles. The van der Waals surface area contributed by atoms with Crippen molar-refractivity contribution in [3.05, 3.63) is 83.3 Å². The predicted molar refractivity (Wildman–Crippen MR) is 111 cm³/mol. The summed E-state index contributed by atoms with van der Waals surface area (Å²) in [5.74, 6) is 0.258. The van der Waals surface area contributed by atoms with E-state index in [1.165, 1.54) is 4.80 Å². The number of amides is 1. The van der Waals surface area contributed by atoms with Crippen LogP contribution in [0, 0.1) is 0 Å². The summed E-state index contributed by atoms with van der Waals surface area (Å²) in [6, 6.07) is 25.2. The van der Waals surface area contributed by atoms with E-state index in [-0.39, 0.29) is 12.5 Å². The fraction of sp³-hybridized carbons (Fsp3) is 0.0476. The van der Waals surface area contributed by atoms with Gasteiger partial charge in [-0.15, -0.1) is 10.2 Å². The number of hydrogen-bond acceptors (Lipinski definition) is 4. The van der Waals surface area contributed by atoms with E-state index < -0.39 is 0 Å². The summed E-state index contributed by atoms with van der Waals surface area (Å²) in [7, 11) is 0. The Bertz CT molecular complexity index is 1090. The number of tetrazole rings is 1. The monoisotopic (exact) mass is 433 g/mol. The summed E-state index contributed by atoms with van der Waals surface area (Å²) >= 11 is 3.40. The molecule has 1 aromatic heterocycles. The van der Waals surface area contributed by atoms with Crippen molar-refractivity contribution in [2.24, 2.45) is 0 Å². The first kappa shape index (κ1) is 18.1. The van der Waals surface area contributed by atoms with Crippen LogP contribution < -0.4 is 5.32 Å². The Kier molecular flexibility index (Phi) is 5.25. The zero-order chi connectivity index (χ0) is 19.3. The molecule has 3 aromatic carbocycles. The van der Waals surface area contributed by atoms with E-state index in [4.69, 9.17) is 0 Å². The Morgan fingerprint density at radius 3 is 2.39 bits per heavy atom. The van der Waals surface area contributed by atoms with Gasteiger partial charge >= 0.3 is 0 Å². The molecule has 0 unspecified atom stereocenters. The molecule has 0 saturated heterocycles. The highest BCUT2D eigenvalue weighted by Gasteiger charge is 2.12. The number of carbonyl (C=O) groups is 1. The summed E-state index contributed by atoms with van der Waals surface area (Å²) < 4.78 is 0.972. The number of hydrogen-bond donors (Lipinski definition) is 1. The van der Waals surface area contributed by atoms with Crippen LogP contribution >= 0.6 is 15.9 Å². The molecule has 0 bridgehead atoms. The van der Waals surface area contributed by atoms with E-state index >= 15 is 0 Å². The first-order chi connectivity index (χ1) is 13.7. The first-order valence-electron chi connectivity index (χ1n) is 8.67. The third-order valence-corrected chi connectivity index (χ3v) is 4.65. The molecule has 138 valence electrons. The molecule has 4 rings (SSSR count). The molecule has 0 aliphatic carbocycles. The maximum atomic E-state index is 12.5. The Balaban J connectivity index is 1.48. The van der Waals surface area contributed by atoms with Crippen molar-refractivity contribution in [1.82, 2.24) is 20.2 Å². The molecule has 4 aromatic rings. The van der Waals surface area contributed by atoms with E-state index in [9.17, 15) is 4.79 Å². The summed E-state index contributed by atoms with van der Waals surface area (Å²) in [6.45, 7) is -0.0212. The molecule has 1 heterocycles. The highest BCUT2D eigenvalue weighted by Crippen LogP contribution is 2.27. The third-order valence-electron chi connectivity index (χ3n) is 4.13. The Labute approximate surface area is 170 Å². The molecule has 0 saturated carbocycles. The van der Waals surface area contributed by atoms with Crippen LogP contribution in [0.1, 0.15) is 0 Å². The Morgan fingerprint density at radius 2 is 1.61 bits per heavy atom. The summed E-state index contributed by atoms with van der Waals surface area (Å²) in [5.41, 5.74) is 3.57. The van der Waals surface area contributed by atoms with Gasteiger partial charge in [0.15, 0.2) is 0 Å². The van der Waals surface area contributed by atoms with E-state index in [0.29, 0.717) is 5.82 Å². The Hall–Kier alpha value is -3.32. The number of anilines is 1. The predicted octanol–water partition coefficient (Wildman–Crippen LogP) is 4.41. The molecule has 0 fully saturated rings. The van der Waals surface area contributed by atoms with Gasteiger partial charge in [0.2, 0.25) is 11.7 Å². The van der Waals surface area contributed by atoms with Crippen LogP contribution in [0.2, 0.25) is 0 Å². The van der Waals surface area contributed by atoms with Gasteiger partial charge < -0.3 is 5.32 Å². The lowest BCUT2D eigenvalue weighted by atomic mass is 10.0. The van der Waals surface area contributed by atoms with Crippen molar-refractivity contribution in [2.45, 2.75) is 6.54 Å². The van der Waals surface area contributed by atoms with Gasteiger partial charge in [0, 0.05) is 21.3 Å². The number of carbonyl (C=O) groups excluding carboxylic acids is 1. The largest absolute Gasteiger partial charge is 0.324 e. The topological polar surface area (TPSA) is 72.7 Å². The molecule has 28 heavy (non-hydrogen) atoms. The van der Waals surface area contributed by atoms with Crippen molar-refractivity contribution in [3.8, 4) is 22.5 Å². The molecule has 6 nitrogen and oxygen atoms in total. The van der Waals surface area contributed by atoms with Gasteiger partial charge in [0.25, 0.3) is 0 Å². The fourth-order valence-electron chi connectivity index (χ4n) is 2.80. The Morgan fingerprint density at radius 1 is 0.893 bits per heavy atom. The second-order valence-electron chi connectivity index (χ2n) is 6.11. The zero-order valence-corrected chi connectivity index (χ0v) is 16.4. The maximum Gasteiger partial charge on any atom is 0.248 e. The SMILES string of the molecule is O=C(Cn1nnc(-c2ccc(Br)cc2)n1)Nc1ccccc1-c1ccccc1. The van der Waals surface area contributed by atoms with Crippen LogP contribution in [0.4, 0.5) is 5.69 Å². The van der Waals surface area contributed by atoms with Gasteiger partial charge in [-0.25, -0.2) is 0 Å². The minimum atomic E-state index is -0.219. The number of rotatable bonds is 5. The minimum Gasteiger partial charge on any atom is -0.324 e. The van der Waals surface area contributed by atoms with Crippen molar-refractivity contribution in [2.75, 3.05) is 5.32 Å². The number of benzene rings is 3. The number of nitrogens with zero attached hydrogens (tertiary/aromatic N) is 4. The van der Waals surface area contributed by atoms with Crippen molar-refractivity contribution in [3.63, 3.8) is 0 Å². The van der Waals surface area contributed by atoms with Gasteiger partial charge in [-0.2, -0.15) is 4.80 Å². The number of nitrogens with one attached hydrogen (secondary N) is 1. The highest BCUT2D eigenvalue weighted by atomic mass is 79.9. The molecule has 0 spiro atoms. The second-order valence-corrected chi connectivity index (χ2v) is 7.03. The first-order valence-corrected chi connectivity index (χ1v) is 9.46. The lowest BCUT2D eigenvalue weighted by Gasteiger charge is -2.11. The molecule has 0 radical (unpaired) electrons. The van der Waals surface area contributed by atoms with E-state index in [1.807, 2.05) is 78.9 Å². The average Bonchev–Trinajstić information content (AvgIpc) is 3.18. The zero-order valence-electron chi connectivity index (χ0n) is 14.8. The molecular weight excluding hydrogens is 418 g/mol. The summed E-state index contributed by atoms with van der Waals surface area (Å²) in [4.78, 5) is 13.8. The van der Waals surface area contributed by atoms with Crippen LogP contribution in [-0.2, 0) is 11.3 Å². The van der Waals surface area contributed by atoms with Crippen LogP contribution in [0.5, 0.6) is 0 Å². The van der Waals surface area contributed by atoms with E-state index in [2.05, 4.69) is 36.7 Å². The van der Waals surface area contributed by atoms with Crippen LogP contribution in [0.25, 0.3) is 22.5 Å². The maximum absolute atomic E-state index is 12.5. The number of halogens is 1. The third kappa shape index (κ3) is 4.15. The van der Waals surface area contributed by atoms with Gasteiger partial charge in [-0.3, -0.25) is 4.79 Å². The van der Waals surface area contributed by atoms with Crippen molar-refractivity contribution in [1.29, 1.82) is 0 Å².